The predicted molar refractivity (Wildman–Crippen MR) is 291 cm³/mol. The molecule has 1 N–H and O–H groups in total. The molecule has 2 heterocycles. The molecule has 0 aliphatic heterocycles. The van der Waals surface area contributed by atoms with Crippen LogP contribution in [-0.4, -0.2) is 19.6 Å². The monoisotopic (exact) mass is 902 g/mol. The Labute approximate surface area is 410 Å². The van der Waals surface area contributed by atoms with Gasteiger partial charge in [-0.1, -0.05) is 190 Å². The summed E-state index contributed by atoms with van der Waals surface area (Å²) in [7, 11) is 0. The summed E-state index contributed by atoms with van der Waals surface area (Å²) in [6.45, 7) is 34.3. The number of hydrogen-bond acceptors (Lipinski definition) is 3. The Morgan fingerprint density at radius 3 is 1.68 bits per heavy atom. The molecule has 6 aromatic carbocycles. The van der Waals surface area contributed by atoms with Crippen molar-refractivity contribution in [2.45, 2.75) is 144 Å². The highest BCUT2D eigenvalue weighted by Crippen LogP contribution is 2.46. The normalized spacial score (nSPS) is 13.5. The van der Waals surface area contributed by atoms with Gasteiger partial charge in [0.1, 0.15) is 11.6 Å². The second-order valence-electron chi connectivity index (χ2n) is 23.5. The summed E-state index contributed by atoms with van der Waals surface area (Å²) >= 11 is 0. The molecule has 350 valence electrons. The first kappa shape index (κ1) is 45.5. The van der Waals surface area contributed by atoms with Gasteiger partial charge in [0, 0.05) is 31.2 Å². The van der Waals surface area contributed by atoms with Gasteiger partial charge >= 0.3 is 0 Å². The lowest BCUT2D eigenvalue weighted by atomic mass is 9.79. The van der Waals surface area contributed by atoms with Crippen LogP contribution < -0.4 is 0 Å². The maximum Gasteiger partial charge on any atom is 0.149 e. The van der Waals surface area contributed by atoms with Crippen molar-refractivity contribution in [3.63, 3.8) is 0 Å². The molecule has 68 heavy (non-hydrogen) atoms. The smallest absolute Gasteiger partial charge is 0.149 e. The van der Waals surface area contributed by atoms with E-state index in [1.165, 1.54) is 11.1 Å². The van der Waals surface area contributed by atoms with Crippen LogP contribution in [0.1, 0.15) is 159 Å². The van der Waals surface area contributed by atoms with Crippen molar-refractivity contribution in [1.82, 2.24) is 14.5 Å². The number of benzene rings is 6. The Bertz CT molecular complexity index is 3240. The average Bonchev–Trinajstić information content (AvgIpc) is 3.66. The zero-order chi connectivity index (χ0) is 51.1. The molecule has 0 aliphatic carbocycles. The maximum absolute atomic E-state index is 12.6. The Balaban J connectivity index is 1.44. The van der Waals surface area contributed by atoms with Gasteiger partial charge in [0.2, 0.25) is 0 Å². The van der Waals surface area contributed by atoms with E-state index in [2.05, 4.69) is 197 Å². The maximum atomic E-state index is 12.6. The van der Waals surface area contributed by atoms with Crippen molar-refractivity contribution < 1.29 is 7.85 Å². The summed E-state index contributed by atoms with van der Waals surface area (Å²) in [6, 6.07) is 45.3. The highest BCUT2D eigenvalue weighted by Gasteiger charge is 2.30. The van der Waals surface area contributed by atoms with Crippen LogP contribution in [0.25, 0.3) is 72.7 Å². The summed E-state index contributed by atoms with van der Waals surface area (Å²) in [5, 5.41) is 12.6. The van der Waals surface area contributed by atoms with Crippen LogP contribution >= 0.6 is 0 Å². The molecule has 0 atom stereocenters. The summed E-state index contributed by atoms with van der Waals surface area (Å²) in [6.07, 6.45) is 1.89. The van der Waals surface area contributed by atoms with E-state index in [4.69, 9.17) is 11.3 Å². The Morgan fingerprint density at radius 1 is 0.485 bits per heavy atom. The first-order chi connectivity index (χ1) is 32.4. The molecule has 4 nitrogen and oxygen atoms in total. The summed E-state index contributed by atoms with van der Waals surface area (Å²) in [4.78, 5) is 10.7. The number of phenols is 1. The Kier molecular flexibility index (Phi) is 11.8. The Hall–Kier alpha value is -6.26. The lowest BCUT2D eigenvalue weighted by Crippen LogP contribution is -2.17. The van der Waals surface area contributed by atoms with Gasteiger partial charge in [-0.05, 0) is 132 Å². The number of aromatic hydroxyl groups is 1. The molecule has 0 saturated heterocycles. The Morgan fingerprint density at radius 2 is 1.07 bits per heavy atom. The van der Waals surface area contributed by atoms with Crippen LogP contribution in [0, 0.1) is 0 Å². The number of nitrogens with zero attached hydrogens (tertiary/aromatic N) is 3. The molecular formula is C64H73N3O. The van der Waals surface area contributed by atoms with Gasteiger partial charge in [0.05, 0.1) is 28.0 Å². The summed E-state index contributed by atoms with van der Waals surface area (Å²) in [5.74, 6) is -0.661. The van der Waals surface area contributed by atoms with Crippen LogP contribution in [0.2, 0.25) is 0 Å². The fourth-order valence-corrected chi connectivity index (χ4v) is 9.12. The van der Waals surface area contributed by atoms with E-state index in [1.54, 1.807) is 0 Å². The van der Waals surface area contributed by atoms with Gasteiger partial charge < -0.3 is 5.11 Å². The van der Waals surface area contributed by atoms with E-state index in [0.717, 1.165) is 83.6 Å². The molecule has 8 rings (SSSR count). The zero-order valence-electron chi connectivity index (χ0n) is 45.5. The van der Waals surface area contributed by atoms with E-state index < -0.39 is 11.8 Å². The minimum absolute atomic E-state index is 0.0213. The number of para-hydroxylation sites is 1. The highest BCUT2D eigenvalue weighted by atomic mass is 16.3. The third-order valence-electron chi connectivity index (χ3n) is 13.5. The van der Waals surface area contributed by atoms with E-state index >= 15 is 0 Å². The van der Waals surface area contributed by atoms with E-state index in [-0.39, 0.29) is 27.4 Å². The molecule has 0 aliphatic rings. The SMILES string of the molecule is [2H]C(C)(C)c1ccc(-c2ccnc(-c3cc(-c4cccc5c4nc(-c4cc(C(C)(C)C)cc(C(C)(C)C)c4O)n5-c4ccc(C([2H])(C)C)cc4-c4ccc(C(C)(C)C)cc4)cc(C(C)(C)C)c3)c2)cc1. The van der Waals surface area contributed by atoms with Crippen molar-refractivity contribution in [2.24, 2.45) is 0 Å². The number of rotatable bonds is 8. The molecule has 0 amide bonds. The van der Waals surface area contributed by atoms with Crippen molar-refractivity contribution >= 4 is 11.0 Å². The number of pyridine rings is 1. The molecule has 4 heteroatoms. The molecule has 0 spiro atoms. The van der Waals surface area contributed by atoms with Gasteiger partial charge in [-0.25, -0.2) is 4.98 Å². The molecule has 0 saturated carbocycles. The molecular weight excluding hydrogens is 827 g/mol. The number of hydrogen-bond donors (Lipinski definition) is 1. The fourth-order valence-electron chi connectivity index (χ4n) is 9.12. The topological polar surface area (TPSA) is 50.9 Å². The third-order valence-corrected chi connectivity index (χ3v) is 13.5. The third kappa shape index (κ3) is 9.57. The van der Waals surface area contributed by atoms with Crippen molar-refractivity contribution in [2.75, 3.05) is 0 Å². The molecule has 0 fully saturated rings. The number of imidazole rings is 1. The quantitative estimate of drug-likeness (QED) is 0.165. The lowest BCUT2D eigenvalue weighted by molar-refractivity contribution is 0.446. The van der Waals surface area contributed by atoms with E-state index in [0.29, 0.717) is 11.4 Å². The highest BCUT2D eigenvalue weighted by molar-refractivity contribution is 5.98. The van der Waals surface area contributed by atoms with E-state index in [1.807, 2.05) is 52.1 Å². The summed E-state index contributed by atoms with van der Waals surface area (Å²) < 4.78 is 20.0. The van der Waals surface area contributed by atoms with Crippen molar-refractivity contribution in [3.05, 3.63) is 167 Å². The number of phenolic OH excluding ortho intramolecular Hbond substituents is 1. The zero-order valence-corrected chi connectivity index (χ0v) is 43.5. The van der Waals surface area contributed by atoms with E-state index in [9.17, 15) is 6.48 Å². The standard InChI is InChI=1S/C64H73N3O/c1-39(2)41-20-22-42(23-21-41)45-30-31-65-55(36-45)47-32-46(33-49(34-47)62(8,9)10)51-18-17-19-57-58(51)66-60(53-37-50(63(11,12)13)38-54(59(53)68)64(14,15)16)67(57)56-29-26-44(40(3)4)35-52(56)43-24-27-48(28-25-43)61(5,6)7/h17-40,68H,1-16H3/i39D,40D. The van der Waals surface area contributed by atoms with Gasteiger partial charge in [-0.15, -0.1) is 0 Å². The fraction of sp³-hybridized carbons (Fsp3) is 0.344. The van der Waals surface area contributed by atoms with Crippen LogP contribution in [0.5, 0.6) is 5.75 Å². The summed E-state index contributed by atoms with van der Waals surface area (Å²) in [5.41, 5.74) is 16.8. The number of fused-ring (bicyclic) bond motifs is 1. The van der Waals surface area contributed by atoms with Gasteiger partial charge in [-0.3, -0.25) is 9.55 Å². The number of aromatic nitrogens is 3. The van der Waals surface area contributed by atoms with Crippen LogP contribution in [0.3, 0.4) is 0 Å². The first-order valence-corrected chi connectivity index (χ1v) is 24.3. The van der Waals surface area contributed by atoms with Gasteiger partial charge in [0.15, 0.2) is 0 Å². The van der Waals surface area contributed by atoms with Gasteiger partial charge in [-0.2, -0.15) is 0 Å². The lowest BCUT2D eigenvalue weighted by Gasteiger charge is -2.27. The molecule has 0 unspecified atom stereocenters. The van der Waals surface area contributed by atoms with Crippen LogP contribution in [0.4, 0.5) is 0 Å². The molecule has 8 aromatic rings. The second kappa shape index (κ2) is 17.7. The minimum Gasteiger partial charge on any atom is -0.507 e. The molecule has 2 aromatic heterocycles. The predicted octanol–water partition coefficient (Wildman–Crippen LogP) is 17.9. The van der Waals surface area contributed by atoms with Crippen molar-refractivity contribution in [1.29, 1.82) is 0 Å². The van der Waals surface area contributed by atoms with Crippen LogP contribution in [0.15, 0.2) is 134 Å². The van der Waals surface area contributed by atoms with Crippen LogP contribution in [-0.2, 0) is 21.7 Å². The minimum atomic E-state index is -0.846. The van der Waals surface area contributed by atoms with Crippen molar-refractivity contribution in [3.8, 4) is 67.5 Å². The van der Waals surface area contributed by atoms with Gasteiger partial charge in [0.25, 0.3) is 0 Å². The molecule has 0 bridgehead atoms. The largest absolute Gasteiger partial charge is 0.507 e. The molecule has 0 radical (unpaired) electrons. The first-order valence-electron chi connectivity index (χ1n) is 25.3. The second-order valence-corrected chi connectivity index (χ2v) is 23.5. The average molecular weight is 902 g/mol.